The molecule has 12 nitrogen and oxygen atoms in total. The largest absolute Gasteiger partial charge is 0.507 e. The Bertz CT molecular complexity index is 7600. The van der Waals surface area contributed by atoms with E-state index in [2.05, 4.69) is 27.7 Å². The second-order valence-electron chi connectivity index (χ2n) is 40.5. The van der Waals surface area contributed by atoms with Crippen LogP contribution in [0.4, 0.5) is 0 Å². The molecule has 0 radical (unpaired) electrons. The van der Waals surface area contributed by atoms with Crippen LogP contribution in [0.2, 0.25) is 0 Å². The fraction of sp³-hybridized carbons (Fsp3) is 0.619. The van der Waals surface area contributed by atoms with Crippen LogP contribution >= 0.6 is 0 Å². The summed E-state index contributed by atoms with van der Waals surface area (Å²) >= 11 is 0. The number of fused-ring (bicyclic) bond motifs is 18. The number of unbranched alkanes of at least 4 members (excludes halogenated alkanes) is 12. The van der Waals surface area contributed by atoms with Crippen molar-refractivity contribution in [2.45, 2.75) is 465 Å². The Morgan fingerprint density at radius 2 is 0.616 bits per heavy atom. The molecule has 12 heteroatoms. The summed E-state index contributed by atoms with van der Waals surface area (Å²) < 4.78 is 436. The topological polar surface area (TPSA) is 177 Å². The summed E-state index contributed by atoms with van der Waals surface area (Å²) in [6, 6.07) is 17.2. The third-order valence-corrected chi connectivity index (χ3v) is 27.9. The molecule has 12 aliphatic rings. The number of aryl methyl sites for hydroxylation is 6. The molecule has 6 aromatic rings. The van der Waals surface area contributed by atoms with Crippen molar-refractivity contribution in [2.75, 3.05) is 0 Å². The fourth-order valence-electron chi connectivity index (χ4n) is 20.6. The zero-order chi connectivity index (χ0) is 141. The molecule has 756 valence electrons. The number of hydrogen-bond acceptors (Lipinski definition) is 12. The minimum Gasteiger partial charge on any atom is -0.507 e. The monoisotopic (exact) mass is 1930 g/mol. The van der Waals surface area contributed by atoms with Crippen molar-refractivity contribution in [3.05, 3.63) is 209 Å². The van der Waals surface area contributed by atoms with Crippen molar-refractivity contribution in [3.8, 4) is 69.0 Å². The summed E-state index contributed by atoms with van der Waals surface area (Å²) in [6.45, 7) is -0.586. The second kappa shape index (κ2) is 45.7. The Kier molecular flexibility index (Phi) is 19.7. The first-order valence-electron chi connectivity index (χ1n) is 74.1. The van der Waals surface area contributed by atoms with Gasteiger partial charge in [-0.15, -0.1) is 0 Å². The molecule has 0 saturated heterocycles. The summed E-state index contributed by atoms with van der Waals surface area (Å²) in [4.78, 5) is 0. The number of phenols is 6. The Morgan fingerprint density at radius 3 is 1.02 bits per heavy atom. The average Bonchev–Trinajstić information content (AvgIpc) is 0.665. The molecule has 138 heavy (non-hydrogen) atoms. The summed E-state index contributed by atoms with van der Waals surface area (Å²) in [6.07, 6.45) is 9.76. The highest BCUT2D eigenvalue weighted by molar-refractivity contribution is 5.60. The van der Waals surface area contributed by atoms with E-state index in [0.717, 1.165) is 156 Å². The van der Waals surface area contributed by atoms with Crippen molar-refractivity contribution >= 4 is 0 Å². The van der Waals surface area contributed by atoms with Gasteiger partial charge in [0.1, 0.15) is 103 Å². The molecule has 0 fully saturated rings. The van der Waals surface area contributed by atoms with Gasteiger partial charge in [0.25, 0.3) is 0 Å². The summed E-state index contributed by atoms with van der Waals surface area (Å²) in [5.74, 6) is -21.4. The molecule has 0 spiro atoms. The van der Waals surface area contributed by atoms with Gasteiger partial charge in [-0.1, -0.05) is 188 Å². The maximum atomic E-state index is 10.9. The Balaban J connectivity index is 0.000000181. The highest BCUT2D eigenvalue weighted by Gasteiger charge is 2.52. The van der Waals surface area contributed by atoms with E-state index < -0.39 is 246 Å². The van der Waals surface area contributed by atoms with Crippen LogP contribution in [-0.2, 0) is 38.5 Å². The lowest BCUT2D eigenvalue weighted by Gasteiger charge is -2.46. The first-order valence-corrected chi connectivity index (χ1v) is 50.1. The van der Waals surface area contributed by atoms with Crippen LogP contribution in [-0.4, -0.2) is 64.2 Å². The number of rotatable bonds is 24. The number of benzene rings is 6. The molecule has 0 amide bonds. The average molecular weight is 1940 g/mol. The molecule has 6 aliphatic heterocycles. The Labute approximate surface area is 901 Å². The number of aromatic hydroxyl groups is 6. The van der Waals surface area contributed by atoms with Gasteiger partial charge in [0.2, 0.25) is 0 Å². The number of hydrogen-bond donors (Lipinski definition) is 6. The molecule has 12 atom stereocenters. The van der Waals surface area contributed by atoms with Gasteiger partial charge in [0, 0.05) is 166 Å². The van der Waals surface area contributed by atoms with E-state index in [9.17, 15) is 38.9 Å². The zero-order valence-corrected chi connectivity index (χ0v) is 83.5. The van der Waals surface area contributed by atoms with Crippen LogP contribution in [0.15, 0.2) is 143 Å². The Morgan fingerprint density at radius 1 is 0.297 bits per heavy atom. The number of ether oxygens (including phenoxy) is 6. The van der Waals surface area contributed by atoms with Crippen molar-refractivity contribution in [1.29, 1.82) is 0 Å². The standard InChI is InChI=1S/6C21H30O2/c6*1-5-6-7-8-15-12-18(22)20-16-11-14(2)9-10-17(16)21(3,4)23-19(20)13-15/h6*11-13,16-17,22H,5-10H2,1-4H3/t6*16-,17-/m111111/s1/i2D3,9D2,10D2,11D,16D,17D;3D3,4D3,10D2,11D,17D;2D3,10D2,11D,16D,17D;3D3,4D3,9D2;2D3,9D2,16D;3D3,4D3. The lowest BCUT2D eigenvalue weighted by Crippen LogP contribution is -2.45. The molecular formula is C126H180O12. The predicted octanol–water partition coefficient (Wildman–Crippen LogP) is 34.4. The van der Waals surface area contributed by atoms with Crippen molar-refractivity contribution in [3.63, 3.8) is 0 Å². The highest BCUT2D eigenvalue weighted by Crippen LogP contribution is 2.61. The third kappa shape index (κ3) is 25.0. The SMILES string of the molecule is [2H]C([2H])([2H])C1(C([2H])([2H])[2H])Oc2cc(CCCCC)cc(O)c2[C@@H]2C=C(C)CC[C@H]21.[2H]C([2H])([2H])C1=C[C@@]2([2H])c3c(O)cc(CCCCC)cc3OC(C)(C)[C@@H]2CC1([2H])[2H].[2H]C1([2H])C[C@@H]2[C@@H](C=C1C)c1c(O)cc(CCCCC)cc1OC2(C([2H])([2H])[2H])C([2H])([2H])[2H].[2H]C1=C(C([2H])([2H])[2H])C([2H])([2H])C([2H])([2H])[C@@]2([2H])C(C)(C)Oc3cc(CCCCC)cc(O)c3[C@]12[2H].[2H]C1=C(C([2H])([2H])[2H])CC([2H])([2H])[C@@]2([2H])C(C)(C)Oc3cc(CCCCC)cc(O)c3[C@]12[2H].[2H]C1=C(C)CC([2H])([2H])[C@]2([2H])[C@@H]1c1c(O)cc(CCCCC)cc1OC2(C([2H])([2H])[2H])C([2H])([2H])[2H]. The smallest absolute Gasteiger partial charge is 0.127 e. The van der Waals surface area contributed by atoms with E-state index in [1.165, 1.54) is 65.0 Å². The molecule has 6 N–H and O–H groups in total. The molecule has 18 rings (SSSR count). The van der Waals surface area contributed by atoms with E-state index >= 15 is 0 Å². The van der Waals surface area contributed by atoms with Crippen LogP contribution in [0, 0.1) is 35.4 Å². The molecule has 0 saturated carbocycles. The van der Waals surface area contributed by atoms with E-state index in [0.29, 0.717) is 72.1 Å². The van der Waals surface area contributed by atoms with Gasteiger partial charge in [-0.25, -0.2) is 0 Å². The molecule has 6 heterocycles. The Hall–Kier alpha value is -8.64. The fourth-order valence-corrected chi connectivity index (χ4v) is 20.6. The maximum Gasteiger partial charge on any atom is 0.127 e. The van der Waals surface area contributed by atoms with Crippen LogP contribution in [0.3, 0.4) is 0 Å². The van der Waals surface area contributed by atoms with Gasteiger partial charge in [-0.05, 0) is 384 Å². The molecule has 6 aromatic carbocycles. The lowest BCUT2D eigenvalue weighted by atomic mass is 9.68. The first kappa shape index (κ1) is 59.4. The van der Waals surface area contributed by atoms with Gasteiger partial charge in [0.15, 0.2) is 0 Å². The van der Waals surface area contributed by atoms with Crippen molar-refractivity contribution < 1.29 is 125 Å². The number of allylic oxidation sites excluding steroid dienone is 12. The van der Waals surface area contributed by atoms with Gasteiger partial charge in [0.05, 0.1) is 4.11 Å². The lowest BCUT2D eigenvalue weighted by molar-refractivity contribution is 0.0104. The van der Waals surface area contributed by atoms with Crippen LogP contribution in [0.1, 0.15) is 526 Å². The van der Waals surface area contributed by atoms with E-state index in [1.54, 1.807) is 69.3 Å². The van der Waals surface area contributed by atoms with Crippen LogP contribution in [0.5, 0.6) is 69.0 Å². The minimum absolute atomic E-state index is 0.0303. The van der Waals surface area contributed by atoms with E-state index in [-0.39, 0.29) is 110 Å². The highest BCUT2D eigenvalue weighted by atomic mass is 16.5. The molecular weight excluding hydrogens is 1710 g/mol. The minimum atomic E-state index is -3.44. The van der Waals surface area contributed by atoms with Gasteiger partial charge < -0.3 is 59.1 Å². The third-order valence-electron chi connectivity index (χ3n) is 27.9. The van der Waals surface area contributed by atoms with Gasteiger partial charge in [-0.2, -0.15) is 0 Å². The normalized spacial score (nSPS) is 36.7. The second-order valence-corrected chi connectivity index (χ2v) is 40.5. The van der Waals surface area contributed by atoms with Crippen LogP contribution < -0.4 is 28.4 Å². The van der Waals surface area contributed by atoms with Gasteiger partial charge >= 0.3 is 0 Å². The van der Waals surface area contributed by atoms with E-state index in [4.69, 9.17) is 86.0 Å². The summed E-state index contributed by atoms with van der Waals surface area (Å²) in [7, 11) is 0. The molecule has 6 aliphatic carbocycles. The summed E-state index contributed by atoms with van der Waals surface area (Å²) in [5.41, 5.74) is -7.88. The zero-order valence-electron chi connectivity index (χ0n) is 131. The quantitative estimate of drug-likeness (QED) is 0.0250. The molecule has 0 unspecified atom stereocenters. The summed E-state index contributed by atoms with van der Waals surface area (Å²) in [5, 5.41) is 65.2. The van der Waals surface area contributed by atoms with Crippen molar-refractivity contribution in [1.82, 2.24) is 0 Å². The molecule has 0 bridgehead atoms. The van der Waals surface area contributed by atoms with Crippen molar-refractivity contribution in [2.24, 2.45) is 35.4 Å². The van der Waals surface area contributed by atoms with Crippen LogP contribution in [0.25, 0.3) is 0 Å². The maximum absolute atomic E-state index is 10.9. The predicted molar refractivity (Wildman–Crippen MR) is 572 cm³/mol. The van der Waals surface area contributed by atoms with E-state index in [1.807, 2.05) is 32.9 Å². The molecule has 0 aromatic heterocycles. The first-order chi connectivity index (χ1) is 84.6. The number of phenolic OH excluding ortho intramolecular Hbond substituents is 6. The van der Waals surface area contributed by atoms with Gasteiger partial charge in [-0.3, -0.25) is 0 Å².